The number of ether oxygens (including phenoxy) is 1. The van der Waals surface area contributed by atoms with Crippen molar-refractivity contribution in [1.82, 2.24) is 4.98 Å². The van der Waals surface area contributed by atoms with Crippen LogP contribution in [-0.2, 0) is 5.41 Å². The van der Waals surface area contributed by atoms with Gasteiger partial charge in [-0.15, -0.1) is 0 Å². The number of halogens is 1. The molecule has 2 rings (SSSR count). The smallest absolute Gasteiger partial charge is 0.216 e. The van der Waals surface area contributed by atoms with Crippen LogP contribution in [0.3, 0.4) is 0 Å². The van der Waals surface area contributed by atoms with E-state index in [0.717, 1.165) is 16.5 Å². The molecule has 1 heterocycles. The Hall–Kier alpha value is -0.610. The maximum absolute atomic E-state index is 9.66. The van der Waals surface area contributed by atoms with Gasteiger partial charge in [-0.25, -0.2) is 4.98 Å². The minimum absolute atomic E-state index is 0.109. The van der Waals surface area contributed by atoms with E-state index in [1.807, 2.05) is 6.07 Å². The fourth-order valence-corrected chi connectivity index (χ4v) is 2.79. The Balaban J connectivity index is 2.51. The maximum Gasteiger partial charge on any atom is 0.216 e. The molecule has 3 nitrogen and oxygen atoms in total. The molecule has 0 bridgehead atoms. The normalized spacial score (nSPS) is 26.6. The van der Waals surface area contributed by atoms with Crippen molar-refractivity contribution >= 4 is 15.9 Å². The summed E-state index contributed by atoms with van der Waals surface area (Å²) in [6.45, 7) is 4.45. The van der Waals surface area contributed by atoms with E-state index < -0.39 is 0 Å². The molecule has 1 aliphatic rings. The SMILES string of the molecule is COc1ncc(Br)cc1C1(CO)CC1(C)C. The number of hydrogen-bond donors (Lipinski definition) is 1. The van der Waals surface area contributed by atoms with Crippen LogP contribution in [0.2, 0.25) is 0 Å². The fourth-order valence-electron chi connectivity index (χ4n) is 2.46. The van der Waals surface area contributed by atoms with Gasteiger partial charge in [-0.3, -0.25) is 0 Å². The van der Waals surface area contributed by atoms with Gasteiger partial charge in [0.25, 0.3) is 0 Å². The standard InChI is InChI=1S/C12H16BrNO2/c1-11(2)6-12(11,7-15)9-4-8(13)5-14-10(9)16-3/h4-5,15H,6-7H2,1-3H3. The summed E-state index contributed by atoms with van der Waals surface area (Å²) >= 11 is 3.41. The molecule has 1 aliphatic carbocycles. The molecule has 1 unspecified atom stereocenters. The first-order valence-electron chi connectivity index (χ1n) is 5.28. The number of aromatic nitrogens is 1. The van der Waals surface area contributed by atoms with E-state index in [9.17, 15) is 5.11 Å². The molecule has 1 atom stereocenters. The quantitative estimate of drug-likeness (QED) is 0.928. The lowest BCUT2D eigenvalue weighted by molar-refractivity contribution is 0.227. The van der Waals surface area contributed by atoms with Crippen LogP contribution in [0, 0.1) is 5.41 Å². The Labute approximate surface area is 104 Å². The Morgan fingerprint density at radius 2 is 2.19 bits per heavy atom. The largest absolute Gasteiger partial charge is 0.481 e. The average molecular weight is 286 g/mol. The highest BCUT2D eigenvalue weighted by molar-refractivity contribution is 9.10. The summed E-state index contributed by atoms with van der Waals surface area (Å²) in [5.41, 5.74) is 0.906. The van der Waals surface area contributed by atoms with Gasteiger partial charge in [-0.2, -0.15) is 0 Å². The van der Waals surface area contributed by atoms with E-state index in [1.54, 1.807) is 13.3 Å². The molecule has 0 spiro atoms. The summed E-state index contributed by atoms with van der Waals surface area (Å²) in [4.78, 5) is 4.24. The molecule has 88 valence electrons. The van der Waals surface area contributed by atoms with Gasteiger partial charge >= 0.3 is 0 Å². The van der Waals surface area contributed by atoms with Crippen molar-refractivity contribution < 1.29 is 9.84 Å². The highest BCUT2D eigenvalue weighted by Gasteiger charge is 2.63. The van der Waals surface area contributed by atoms with Gasteiger partial charge in [-0.1, -0.05) is 13.8 Å². The number of hydrogen-bond acceptors (Lipinski definition) is 3. The summed E-state index contributed by atoms with van der Waals surface area (Å²) in [6, 6.07) is 2.00. The molecule has 4 heteroatoms. The van der Waals surface area contributed by atoms with Crippen LogP contribution in [0.1, 0.15) is 25.8 Å². The van der Waals surface area contributed by atoms with Gasteiger partial charge in [-0.05, 0) is 33.8 Å². The molecule has 1 aromatic heterocycles. The summed E-state index contributed by atoms with van der Waals surface area (Å²) in [7, 11) is 1.61. The number of methoxy groups -OCH3 is 1. The molecule has 0 aliphatic heterocycles. The minimum Gasteiger partial charge on any atom is -0.481 e. The molecular weight excluding hydrogens is 270 g/mol. The van der Waals surface area contributed by atoms with E-state index in [2.05, 4.69) is 34.8 Å². The molecule has 0 amide bonds. The number of aliphatic hydroxyl groups excluding tert-OH is 1. The van der Waals surface area contributed by atoms with Gasteiger partial charge in [0.1, 0.15) is 0 Å². The van der Waals surface area contributed by atoms with Gasteiger partial charge in [0, 0.05) is 21.6 Å². The van der Waals surface area contributed by atoms with Gasteiger partial charge < -0.3 is 9.84 Å². The first kappa shape index (κ1) is 11.9. The first-order chi connectivity index (χ1) is 7.47. The zero-order chi connectivity index (χ0) is 12.0. The lowest BCUT2D eigenvalue weighted by Gasteiger charge is -2.20. The Morgan fingerprint density at radius 3 is 2.62 bits per heavy atom. The van der Waals surface area contributed by atoms with Crippen LogP contribution in [0.4, 0.5) is 0 Å². The highest BCUT2D eigenvalue weighted by Crippen LogP contribution is 2.65. The van der Waals surface area contributed by atoms with Crippen LogP contribution in [0.25, 0.3) is 0 Å². The highest BCUT2D eigenvalue weighted by atomic mass is 79.9. The summed E-state index contributed by atoms with van der Waals surface area (Å²) < 4.78 is 6.19. The van der Waals surface area contributed by atoms with Crippen molar-refractivity contribution in [3.05, 3.63) is 22.3 Å². The van der Waals surface area contributed by atoms with E-state index in [1.165, 1.54) is 0 Å². The molecule has 0 saturated heterocycles. The zero-order valence-corrected chi connectivity index (χ0v) is 11.3. The van der Waals surface area contributed by atoms with E-state index in [0.29, 0.717) is 5.88 Å². The topological polar surface area (TPSA) is 42.4 Å². The van der Waals surface area contributed by atoms with E-state index in [4.69, 9.17) is 4.74 Å². The predicted molar refractivity (Wildman–Crippen MR) is 65.7 cm³/mol. The Bertz CT molecular complexity index is 419. The summed E-state index contributed by atoms with van der Waals surface area (Å²) in [5.74, 6) is 0.614. The van der Waals surface area contributed by atoms with Crippen LogP contribution >= 0.6 is 15.9 Å². The lowest BCUT2D eigenvalue weighted by atomic mass is 9.89. The molecule has 1 saturated carbocycles. The molecule has 0 aromatic carbocycles. The van der Waals surface area contributed by atoms with Crippen molar-refractivity contribution in [2.45, 2.75) is 25.7 Å². The molecule has 1 fully saturated rings. The van der Waals surface area contributed by atoms with Gasteiger partial charge in [0.15, 0.2) is 0 Å². The molecule has 16 heavy (non-hydrogen) atoms. The Kier molecular flexibility index (Phi) is 2.75. The first-order valence-corrected chi connectivity index (χ1v) is 6.07. The second-order valence-electron chi connectivity index (χ2n) is 5.01. The Morgan fingerprint density at radius 1 is 1.56 bits per heavy atom. The van der Waals surface area contributed by atoms with Crippen molar-refractivity contribution in [1.29, 1.82) is 0 Å². The van der Waals surface area contributed by atoms with Crippen molar-refractivity contribution in [3.63, 3.8) is 0 Å². The average Bonchev–Trinajstić information content (AvgIpc) is 2.82. The minimum atomic E-state index is -0.199. The molecule has 1 aromatic rings. The summed E-state index contributed by atoms with van der Waals surface area (Å²) in [6.07, 6.45) is 2.67. The number of pyridine rings is 1. The van der Waals surface area contributed by atoms with Crippen LogP contribution < -0.4 is 4.74 Å². The van der Waals surface area contributed by atoms with E-state index >= 15 is 0 Å². The van der Waals surface area contributed by atoms with Crippen LogP contribution in [-0.4, -0.2) is 23.8 Å². The number of nitrogens with zero attached hydrogens (tertiary/aromatic N) is 1. The molecular formula is C12H16BrNO2. The van der Waals surface area contributed by atoms with Crippen molar-refractivity contribution in [2.24, 2.45) is 5.41 Å². The predicted octanol–water partition coefficient (Wildman–Crippen LogP) is 2.51. The second-order valence-corrected chi connectivity index (χ2v) is 5.93. The van der Waals surface area contributed by atoms with Crippen molar-refractivity contribution in [3.8, 4) is 5.88 Å². The number of rotatable bonds is 3. The molecule has 0 radical (unpaired) electrons. The van der Waals surface area contributed by atoms with Crippen molar-refractivity contribution in [2.75, 3.05) is 13.7 Å². The van der Waals surface area contributed by atoms with Gasteiger partial charge in [0.05, 0.1) is 13.7 Å². The zero-order valence-electron chi connectivity index (χ0n) is 9.75. The number of aliphatic hydroxyl groups is 1. The third-order valence-electron chi connectivity index (χ3n) is 3.71. The van der Waals surface area contributed by atoms with E-state index in [-0.39, 0.29) is 17.4 Å². The second kappa shape index (κ2) is 3.70. The lowest BCUT2D eigenvalue weighted by Crippen LogP contribution is -2.20. The summed E-state index contributed by atoms with van der Waals surface area (Å²) in [5, 5.41) is 9.66. The van der Waals surface area contributed by atoms with Crippen LogP contribution in [0.5, 0.6) is 5.88 Å². The maximum atomic E-state index is 9.66. The third-order valence-corrected chi connectivity index (χ3v) is 4.14. The van der Waals surface area contributed by atoms with Crippen LogP contribution in [0.15, 0.2) is 16.7 Å². The fraction of sp³-hybridized carbons (Fsp3) is 0.583. The monoisotopic (exact) mass is 285 g/mol. The van der Waals surface area contributed by atoms with Gasteiger partial charge in [0.2, 0.25) is 5.88 Å². The molecule has 1 N–H and O–H groups in total. The third kappa shape index (κ3) is 1.55.